The Hall–Kier alpha value is -3.35. The fraction of sp³-hybridized carbons (Fsp3) is 0.348. The number of hydrogen-bond donors (Lipinski definition) is 1. The van der Waals surface area contributed by atoms with Gasteiger partial charge in [0.25, 0.3) is 5.91 Å². The molecular weight excluding hydrogens is 378 g/mol. The van der Waals surface area contributed by atoms with E-state index in [9.17, 15) is 9.59 Å². The lowest BCUT2D eigenvalue weighted by Crippen LogP contribution is -2.43. The average molecular weight is 406 g/mol. The number of nitrogens with one attached hydrogen (secondary N) is 1. The molecule has 3 aromatic rings. The second kappa shape index (κ2) is 8.98. The van der Waals surface area contributed by atoms with Crippen molar-refractivity contribution in [2.45, 2.75) is 26.2 Å². The molecule has 0 saturated carbocycles. The third kappa shape index (κ3) is 4.01. The number of hydrogen-bond acceptors (Lipinski definition) is 3. The molecule has 0 bridgehead atoms. The van der Waals surface area contributed by atoms with E-state index in [-0.39, 0.29) is 17.7 Å². The molecule has 0 aliphatic carbocycles. The molecule has 30 heavy (non-hydrogen) atoms. The van der Waals surface area contributed by atoms with Crippen LogP contribution in [0.1, 0.15) is 36.5 Å². The zero-order valence-electron chi connectivity index (χ0n) is 17.2. The summed E-state index contributed by atoms with van der Waals surface area (Å²) in [5, 5.41) is 7.49. The lowest BCUT2D eigenvalue weighted by atomic mass is 9.95. The van der Waals surface area contributed by atoms with E-state index in [0.29, 0.717) is 38.0 Å². The van der Waals surface area contributed by atoms with Crippen LogP contribution in [0.5, 0.6) is 0 Å². The van der Waals surface area contributed by atoms with E-state index < -0.39 is 0 Å². The molecule has 0 atom stereocenters. The normalized spacial score (nSPS) is 14.6. The first-order chi connectivity index (χ1) is 14.7. The van der Waals surface area contributed by atoms with Gasteiger partial charge in [-0.25, -0.2) is 4.68 Å². The Morgan fingerprint density at radius 1 is 1.07 bits per heavy atom. The van der Waals surface area contributed by atoms with Gasteiger partial charge >= 0.3 is 0 Å². The molecule has 2 amide bonds. The van der Waals surface area contributed by atoms with Crippen LogP contribution >= 0.6 is 0 Å². The minimum absolute atomic E-state index is 0.0171. The molecule has 1 saturated heterocycles. The maximum absolute atomic E-state index is 13.4. The number of carbonyl (C=O) groups excluding carboxylic acids is 2. The van der Waals surface area contributed by atoms with E-state index in [2.05, 4.69) is 10.4 Å². The molecule has 1 aromatic carbocycles. The molecule has 2 aromatic heterocycles. The number of rotatable bonds is 6. The van der Waals surface area contributed by atoms with Gasteiger partial charge in [-0.3, -0.25) is 9.59 Å². The number of para-hydroxylation sites is 1. The molecule has 4 rings (SSSR count). The maximum atomic E-state index is 13.4. The Balaban J connectivity index is 1.55. The number of amides is 2. The SMILES string of the molecule is CCCNC(=O)C1CCN(C(=O)c2cnn(-c3ccccc3)c2-n2cccc2)CC1. The monoisotopic (exact) mass is 405 g/mol. The van der Waals surface area contributed by atoms with Gasteiger partial charge in [0.2, 0.25) is 5.91 Å². The van der Waals surface area contributed by atoms with Gasteiger partial charge in [0.1, 0.15) is 5.56 Å². The van der Waals surface area contributed by atoms with Gasteiger partial charge in [0.05, 0.1) is 11.9 Å². The first-order valence-corrected chi connectivity index (χ1v) is 10.5. The summed E-state index contributed by atoms with van der Waals surface area (Å²) in [4.78, 5) is 27.4. The summed E-state index contributed by atoms with van der Waals surface area (Å²) in [6.07, 6.45) is 7.77. The third-order valence-electron chi connectivity index (χ3n) is 5.53. The predicted octanol–water partition coefficient (Wildman–Crippen LogP) is 3.04. The van der Waals surface area contributed by atoms with E-state index in [1.807, 2.05) is 71.2 Å². The minimum atomic E-state index is -0.0479. The molecule has 7 heteroatoms. The zero-order valence-corrected chi connectivity index (χ0v) is 17.2. The number of nitrogens with zero attached hydrogens (tertiary/aromatic N) is 4. The Labute approximate surface area is 176 Å². The Morgan fingerprint density at radius 3 is 2.43 bits per heavy atom. The standard InChI is InChI=1S/C23H27N5O2/c1-2-12-24-21(29)18-10-15-27(16-11-18)23(30)20-17-25-28(19-8-4-3-5-9-19)22(20)26-13-6-7-14-26/h3-9,13-14,17-18H,2,10-12,15-16H2,1H3,(H,24,29). The fourth-order valence-electron chi connectivity index (χ4n) is 3.88. The molecule has 0 radical (unpaired) electrons. The number of likely N-dealkylation sites (tertiary alicyclic amines) is 1. The van der Waals surface area contributed by atoms with Crippen molar-refractivity contribution in [1.29, 1.82) is 0 Å². The van der Waals surface area contributed by atoms with Crippen LogP contribution in [0.25, 0.3) is 11.5 Å². The summed E-state index contributed by atoms with van der Waals surface area (Å²) < 4.78 is 3.70. The predicted molar refractivity (Wildman–Crippen MR) is 115 cm³/mol. The fourth-order valence-corrected chi connectivity index (χ4v) is 3.88. The summed E-state index contributed by atoms with van der Waals surface area (Å²) in [6, 6.07) is 13.6. The molecule has 3 heterocycles. The number of aromatic nitrogens is 3. The van der Waals surface area contributed by atoms with Crippen molar-refractivity contribution >= 4 is 11.8 Å². The number of carbonyl (C=O) groups is 2. The van der Waals surface area contributed by atoms with Crippen LogP contribution in [0.4, 0.5) is 0 Å². The quantitative estimate of drug-likeness (QED) is 0.685. The number of piperidine rings is 1. The van der Waals surface area contributed by atoms with E-state index >= 15 is 0 Å². The molecular formula is C23H27N5O2. The lowest BCUT2D eigenvalue weighted by Gasteiger charge is -2.31. The molecule has 1 fully saturated rings. The maximum Gasteiger partial charge on any atom is 0.259 e. The van der Waals surface area contributed by atoms with Crippen molar-refractivity contribution in [1.82, 2.24) is 24.6 Å². The van der Waals surface area contributed by atoms with Gasteiger partial charge in [-0.1, -0.05) is 25.1 Å². The number of benzene rings is 1. The highest BCUT2D eigenvalue weighted by molar-refractivity contribution is 5.97. The summed E-state index contributed by atoms with van der Waals surface area (Å²) in [5.41, 5.74) is 1.45. The van der Waals surface area contributed by atoms with Crippen LogP contribution in [0.2, 0.25) is 0 Å². The molecule has 1 N–H and O–H groups in total. The van der Waals surface area contributed by atoms with Crippen molar-refractivity contribution in [3.8, 4) is 11.5 Å². The zero-order chi connectivity index (χ0) is 20.9. The second-order valence-electron chi connectivity index (χ2n) is 7.58. The van der Waals surface area contributed by atoms with E-state index in [4.69, 9.17) is 0 Å². The van der Waals surface area contributed by atoms with Crippen molar-refractivity contribution in [2.75, 3.05) is 19.6 Å². The van der Waals surface area contributed by atoms with Gasteiger partial charge < -0.3 is 14.8 Å². The Kier molecular flexibility index (Phi) is 5.97. The largest absolute Gasteiger partial charge is 0.356 e. The topological polar surface area (TPSA) is 72.2 Å². The van der Waals surface area contributed by atoms with Gasteiger partial charge in [-0.05, 0) is 43.5 Å². The first-order valence-electron chi connectivity index (χ1n) is 10.5. The smallest absolute Gasteiger partial charge is 0.259 e. The highest BCUT2D eigenvalue weighted by Gasteiger charge is 2.30. The highest BCUT2D eigenvalue weighted by Crippen LogP contribution is 2.24. The molecule has 1 aliphatic heterocycles. The van der Waals surface area contributed by atoms with Gasteiger partial charge in [0.15, 0.2) is 5.82 Å². The van der Waals surface area contributed by atoms with Gasteiger partial charge in [-0.15, -0.1) is 0 Å². The third-order valence-corrected chi connectivity index (χ3v) is 5.53. The Bertz CT molecular complexity index is 986. The van der Waals surface area contributed by atoms with Gasteiger partial charge in [-0.2, -0.15) is 5.10 Å². The summed E-state index contributed by atoms with van der Waals surface area (Å²) >= 11 is 0. The van der Waals surface area contributed by atoms with Crippen LogP contribution in [-0.2, 0) is 4.79 Å². The molecule has 0 spiro atoms. The van der Waals surface area contributed by atoms with Crippen LogP contribution < -0.4 is 5.32 Å². The van der Waals surface area contributed by atoms with E-state index in [1.54, 1.807) is 10.9 Å². The van der Waals surface area contributed by atoms with Crippen molar-refractivity contribution in [3.63, 3.8) is 0 Å². The highest BCUT2D eigenvalue weighted by atomic mass is 16.2. The lowest BCUT2D eigenvalue weighted by molar-refractivity contribution is -0.126. The molecule has 0 unspecified atom stereocenters. The Morgan fingerprint density at radius 2 is 1.77 bits per heavy atom. The minimum Gasteiger partial charge on any atom is -0.356 e. The first kappa shape index (κ1) is 19.9. The van der Waals surface area contributed by atoms with Crippen LogP contribution in [0.15, 0.2) is 61.1 Å². The van der Waals surface area contributed by atoms with Crippen LogP contribution in [0.3, 0.4) is 0 Å². The second-order valence-corrected chi connectivity index (χ2v) is 7.58. The van der Waals surface area contributed by atoms with Crippen LogP contribution in [0, 0.1) is 5.92 Å². The van der Waals surface area contributed by atoms with Crippen molar-refractivity contribution < 1.29 is 9.59 Å². The van der Waals surface area contributed by atoms with Gasteiger partial charge in [0, 0.05) is 37.9 Å². The van der Waals surface area contributed by atoms with Crippen molar-refractivity contribution in [3.05, 3.63) is 66.6 Å². The van der Waals surface area contributed by atoms with Crippen molar-refractivity contribution in [2.24, 2.45) is 5.92 Å². The molecule has 7 nitrogen and oxygen atoms in total. The van der Waals surface area contributed by atoms with E-state index in [1.165, 1.54) is 0 Å². The van der Waals surface area contributed by atoms with Crippen LogP contribution in [-0.4, -0.2) is 50.7 Å². The molecule has 1 aliphatic rings. The van der Waals surface area contributed by atoms with E-state index in [0.717, 1.165) is 17.9 Å². The summed E-state index contributed by atoms with van der Waals surface area (Å²) in [7, 11) is 0. The molecule has 156 valence electrons. The summed E-state index contributed by atoms with van der Waals surface area (Å²) in [5.74, 6) is 0.762. The summed E-state index contributed by atoms with van der Waals surface area (Å²) in [6.45, 7) is 3.89. The average Bonchev–Trinajstić information content (AvgIpc) is 3.47.